The second-order valence-corrected chi connectivity index (χ2v) is 9.96. The van der Waals surface area contributed by atoms with Gasteiger partial charge in [-0.3, -0.25) is 19.3 Å². The molecule has 5 N–H and O–H groups in total. The van der Waals surface area contributed by atoms with E-state index in [9.17, 15) is 24.3 Å². The largest absolute Gasteiger partial charge is 1.00 e. The molecule has 34 heavy (non-hydrogen) atoms. The number of aliphatic carboxylic acids is 2. The van der Waals surface area contributed by atoms with Gasteiger partial charge in [0.25, 0.3) is 11.6 Å². The van der Waals surface area contributed by atoms with E-state index in [2.05, 4.69) is 20.8 Å². The van der Waals surface area contributed by atoms with Gasteiger partial charge in [-0.05, 0) is 16.0 Å². The number of nitrogens with two attached hydrogens (primary N) is 1. The minimum atomic E-state index is -1.72. The van der Waals surface area contributed by atoms with E-state index < -0.39 is 40.9 Å². The van der Waals surface area contributed by atoms with E-state index in [4.69, 9.17) is 15.6 Å². The van der Waals surface area contributed by atoms with Crippen LogP contribution in [-0.4, -0.2) is 106 Å². The summed E-state index contributed by atoms with van der Waals surface area (Å²) in [5.74, 6) is -3.32. The van der Waals surface area contributed by atoms with E-state index in [-0.39, 0.29) is 59.7 Å². The summed E-state index contributed by atoms with van der Waals surface area (Å²) >= 11 is 3.50. The van der Waals surface area contributed by atoms with Crippen LogP contribution in [0.4, 0.5) is 0 Å². The van der Waals surface area contributed by atoms with Crippen LogP contribution in [0.2, 0.25) is 0 Å². The number of carbonyl (C=O) groups is 4. The number of hydrogen-bond donors (Lipinski definition) is 4. The van der Waals surface area contributed by atoms with E-state index >= 15 is 0 Å². The van der Waals surface area contributed by atoms with E-state index in [1.807, 2.05) is 0 Å². The van der Waals surface area contributed by atoms with Crippen molar-refractivity contribution in [2.45, 2.75) is 22.3 Å². The fourth-order valence-electron chi connectivity index (χ4n) is 3.14. The van der Waals surface area contributed by atoms with Crippen LogP contribution >= 0.6 is 35.3 Å². The Morgan fingerprint density at radius 2 is 2.15 bits per heavy atom. The van der Waals surface area contributed by atoms with Crippen LogP contribution < -0.4 is 40.6 Å². The first-order valence-corrected chi connectivity index (χ1v) is 12.5. The number of rotatable bonds is 11. The molecule has 0 spiro atoms. The maximum Gasteiger partial charge on any atom is 1.00 e. The standard InChI is InChI=1S/C16H21N7O7S3.Na.H/c1-22-15(19-20-21-22)33-4-7-3-32-14-16(30-2,13(29)23(14)10(7)12(27)28)18-9(24)6-31-5-8(17)11(25)26;;/h8,14H,3-6,17H2,1-2H3,(H,18,24)(H,25,26)(H,27,28);;/q;+1;-1/t8-,14-,16+;;/m1../s1. The van der Waals surface area contributed by atoms with Gasteiger partial charge in [0.1, 0.15) is 17.1 Å². The first-order chi connectivity index (χ1) is 15.6. The van der Waals surface area contributed by atoms with Crippen molar-refractivity contribution in [1.29, 1.82) is 0 Å². The molecule has 2 amide bonds. The summed E-state index contributed by atoms with van der Waals surface area (Å²) in [4.78, 5) is 49.3. The summed E-state index contributed by atoms with van der Waals surface area (Å²) in [5, 5.41) is 31.9. The van der Waals surface area contributed by atoms with Gasteiger partial charge in [0.05, 0.1) is 5.75 Å². The van der Waals surface area contributed by atoms with Crippen LogP contribution in [0.15, 0.2) is 16.4 Å². The Labute approximate surface area is 229 Å². The molecule has 0 saturated carbocycles. The van der Waals surface area contributed by atoms with Gasteiger partial charge in [-0.15, -0.1) is 28.6 Å². The topological polar surface area (TPSA) is 203 Å². The zero-order chi connectivity index (χ0) is 24.3. The molecule has 3 heterocycles. The summed E-state index contributed by atoms with van der Waals surface area (Å²) in [5.41, 5.74) is 4.05. The van der Waals surface area contributed by atoms with Gasteiger partial charge in [-0.25, -0.2) is 9.48 Å². The Hall–Kier alpha value is -1.34. The number of carbonyl (C=O) groups excluding carboxylic acids is 2. The van der Waals surface area contributed by atoms with Crippen LogP contribution in [0, 0.1) is 0 Å². The van der Waals surface area contributed by atoms with Crippen LogP contribution in [0.5, 0.6) is 0 Å². The monoisotopic (exact) mass is 543 g/mol. The van der Waals surface area contributed by atoms with Crippen molar-refractivity contribution in [2.24, 2.45) is 12.8 Å². The maximum atomic E-state index is 13.0. The van der Waals surface area contributed by atoms with Crippen LogP contribution in [0.25, 0.3) is 0 Å². The number of amides is 2. The van der Waals surface area contributed by atoms with Crippen molar-refractivity contribution < 1.29 is 65.1 Å². The van der Waals surface area contributed by atoms with E-state index in [0.29, 0.717) is 10.7 Å². The molecule has 18 heteroatoms. The van der Waals surface area contributed by atoms with Crippen molar-refractivity contribution in [3.8, 4) is 0 Å². The minimum absolute atomic E-state index is 0. The number of aryl methyl sites for hydroxylation is 1. The SMILES string of the molecule is CO[C@@]1(NC(=O)CSC[C@@H](N)C(=O)O)C(=O)N2C(C(=O)O)=C(CSc3nnnn3C)CS[C@@H]21.[H-].[Na+]. The predicted molar refractivity (Wildman–Crippen MR) is 119 cm³/mol. The second kappa shape index (κ2) is 12.1. The molecule has 1 aromatic rings. The molecule has 0 bridgehead atoms. The fraction of sp³-hybridized carbons (Fsp3) is 0.562. The molecule has 3 rings (SSSR count). The molecule has 14 nitrogen and oxygen atoms in total. The normalized spacial score (nSPS) is 22.4. The molecule has 2 aliphatic heterocycles. The molecule has 0 aromatic carbocycles. The van der Waals surface area contributed by atoms with E-state index in [1.54, 1.807) is 7.05 Å². The van der Waals surface area contributed by atoms with Gasteiger partial charge in [0, 0.05) is 31.4 Å². The summed E-state index contributed by atoms with van der Waals surface area (Å²) in [6, 6.07) is -1.12. The van der Waals surface area contributed by atoms with Gasteiger partial charge >= 0.3 is 41.5 Å². The number of fused-ring (bicyclic) bond motifs is 1. The Morgan fingerprint density at radius 1 is 1.44 bits per heavy atom. The Morgan fingerprint density at radius 3 is 2.71 bits per heavy atom. The van der Waals surface area contributed by atoms with Crippen molar-refractivity contribution in [1.82, 2.24) is 30.4 Å². The number of aromatic nitrogens is 4. The molecule has 1 fully saturated rings. The average molecular weight is 544 g/mol. The van der Waals surface area contributed by atoms with Gasteiger partial charge in [-0.2, -0.15) is 0 Å². The molecule has 0 aliphatic carbocycles. The summed E-state index contributed by atoms with van der Waals surface area (Å²) in [7, 11) is 2.91. The molecule has 0 radical (unpaired) electrons. The zero-order valence-electron chi connectivity index (χ0n) is 19.5. The van der Waals surface area contributed by atoms with Crippen molar-refractivity contribution >= 4 is 59.0 Å². The number of nitrogens with one attached hydrogen (secondary N) is 1. The van der Waals surface area contributed by atoms with Gasteiger partial charge in [0.2, 0.25) is 11.1 Å². The third kappa shape index (κ3) is 5.72. The number of thioether (sulfide) groups is 3. The summed E-state index contributed by atoms with van der Waals surface area (Å²) < 4.78 is 6.82. The first kappa shape index (κ1) is 28.9. The molecule has 182 valence electrons. The minimum Gasteiger partial charge on any atom is -1.00 e. The number of ether oxygens (including phenoxy) is 1. The molecular weight excluding hydrogens is 521 g/mol. The molecular formula is C16H22N7NaO7S3. The van der Waals surface area contributed by atoms with Gasteiger partial charge < -0.3 is 27.4 Å². The van der Waals surface area contributed by atoms with E-state index in [0.717, 1.165) is 16.7 Å². The predicted octanol–water partition coefficient (Wildman–Crippen LogP) is -4.72. The van der Waals surface area contributed by atoms with Gasteiger partial charge in [-0.1, -0.05) is 11.8 Å². The molecule has 0 unspecified atom stereocenters. The molecule has 1 saturated heterocycles. The Balaban J connectivity index is 0.00000306. The Bertz CT molecular complexity index is 1020. The maximum absolute atomic E-state index is 13.0. The van der Waals surface area contributed by atoms with Crippen LogP contribution in [0.1, 0.15) is 1.43 Å². The average Bonchev–Trinajstić information content (AvgIpc) is 3.19. The number of tetrazole rings is 1. The van der Waals surface area contributed by atoms with Crippen molar-refractivity contribution in [3.63, 3.8) is 0 Å². The number of hydrogen-bond acceptors (Lipinski definition) is 12. The second-order valence-electron chi connectivity index (χ2n) is 6.92. The van der Waals surface area contributed by atoms with E-state index in [1.165, 1.54) is 35.3 Å². The number of carboxylic acids is 2. The molecule has 3 atom stereocenters. The van der Waals surface area contributed by atoms with Gasteiger partial charge in [0.15, 0.2) is 0 Å². The smallest absolute Gasteiger partial charge is 1.00 e. The van der Waals surface area contributed by atoms with Crippen LogP contribution in [-0.2, 0) is 31.0 Å². The molecule has 1 aromatic heterocycles. The fourth-order valence-corrected chi connectivity index (χ4v) is 6.34. The zero-order valence-corrected chi connectivity index (χ0v) is 22.9. The number of nitrogens with zero attached hydrogens (tertiary/aromatic N) is 5. The quantitative estimate of drug-likeness (QED) is 0.0896. The van der Waals surface area contributed by atoms with Crippen molar-refractivity contribution in [2.75, 3.05) is 30.1 Å². The third-order valence-corrected chi connectivity index (χ3v) is 8.30. The summed E-state index contributed by atoms with van der Waals surface area (Å²) in [6.07, 6.45) is 0. The number of carboxylic acid groups (broad SMARTS) is 2. The Kier molecular flexibility index (Phi) is 10.3. The molecule has 2 aliphatic rings. The third-order valence-electron chi connectivity index (χ3n) is 4.76. The first-order valence-electron chi connectivity index (χ1n) is 9.30. The number of methoxy groups -OCH3 is 1. The van der Waals surface area contributed by atoms with Crippen molar-refractivity contribution in [3.05, 3.63) is 11.3 Å². The summed E-state index contributed by atoms with van der Waals surface area (Å²) in [6.45, 7) is 0. The number of β-lactam (4-membered cyclic amide) rings is 1. The van der Waals surface area contributed by atoms with Crippen LogP contribution in [0.3, 0.4) is 0 Å².